The van der Waals surface area contributed by atoms with E-state index in [0.717, 1.165) is 5.56 Å². The van der Waals surface area contributed by atoms with E-state index in [2.05, 4.69) is 20.4 Å². The van der Waals surface area contributed by atoms with Gasteiger partial charge in [0.25, 0.3) is 5.91 Å². The summed E-state index contributed by atoms with van der Waals surface area (Å²) in [6.45, 7) is 10.2. The fourth-order valence-corrected chi connectivity index (χ4v) is 4.61. The molecular weight excluding hydrogens is 566 g/mol. The zero-order chi connectivity index (χ0) is 31.9. The molecule has 3 heterocycles. The molecule has 44 heavy (non-hydrogen) atoms. The Morgan fingerprint density at radius 3 is 2.30 bits per heavy atom. The van der Waals surface area contributed by atoms with Crippen molar-refractivity contribution in [3.63, 3.8) is 0 Å². The van der Waals surface area contributed by atoms with Gasteiger partial charge in [0.15, 0.2) is 11.6 Å². The number of hydrogen-bond donors (Lipinski definition) is 1. The van der Waals surface area contributed by atoms with Crippen LogP contribution in [0.4, 0.5) is 4.79 Å². The lowest BCUT2D eigenvalue weighted by atomic mass is 10.1. The Hall–Kier alpha value is -4.81. The lowest BCUT2D eigenvalue weighted by Crippen LogP contribution is -2.56. The molecule has 13 nitrogen and oxygen atoms in total. The van der Waals surface area contributed by atoms with E-state index in [0.29, 0.717) is 17.2 Å². The van der Waals surface area contributed by atoms with Gasteiger partial charge in [0.05, 0.1) is 12.8 Å². The van der Waals surface area contributed by atoms with E-state index in [1.807, 2.05) is 37.3 Å². The second-order valence-corrected chi connectivity index (χ2v) is 11.4. The summed E-state index contributed by atoms with van der Waals surface area (Å²) in [5.41, 5.74) is 0.944. The first kappa shape index (κ1) is 32.1. The lowest BCUT2D eigenvalue weighted by molar-refractivity contribution is -0.155. The van der Waals surface area contributed by atoms with Crippen molar-refractivity contribution < 1.29 is 28.7 Å². The zero-order valence-corrected chi connectivity index (χ0v) is 25.8. The minimum absolute atomic E-state index is 0.0133. The van der Waals surface area contributed by atoms with Gasteiger partial charge in [0.2, 0.25) is 5.91 Å². The average Bonchev–Trinajstić information content (AvgIpc) is 3.44. The maximum absolute atomic E-state index is 13.7. The molecule has 1 fully saturated rings. The van der Waals surface area contributed by atoms with Gasteiger partial charge in [-0.05, 0) is 46.6 Å². The number of carbonyl (C=O) groups excluding carboxylic acids is 4. The van der Waals surface area contributed by atoms with Crippen LogP contribution in [0, 0.1) is 6.92 Å². The minimum Gasteiger partial charge on any atom is -0.460 e. The third-order valence-corrected chi connectivity index (χ3v) is 6.70. The van der Waals surface area contributed by atoms with Crippen molar-refractivity contribution in [2.24, 2.45) is 0 Å². The monoisotopic (exact) mass is 605 g/mol. The Balaban J connectivity index is 1.58. The molecule has 0 aliphatic carbocycles. The Morgan fingerprint density at radius 2 is 1.68 bits per heavy atom. The number of ether oxygens (including phenoxy) is 2. The maximum atomic E-state index is 13.7. The van der Waals surface area contributed by atoms with Crippen LogP contribution in [-0.2, 0) is 19.1 Å². The summed E-state index contributed by atoms with van der Waals surface area (Å²) in [5.74, 6) is -0.772. The molecule has 1 aliphatic rings. The molecule has 1 aliphatic heterocycles. The zero-order valence-electron chi connectivity index (χ0n) is 25.8. The molecule has 1 saturated heterocycles. The van der Waals surface area contributed by atoms with Crippen LogP contribution in [0.15, 0.2) is 48.8 Å². The van der Waals surface area contributed by atoms with Crippen molar-refractivity contribution in [2.45, 2.75) is 59.1 Å². The Kier molecular flexibility index (Phi) is 10.3. The number of hydrogen-bond acceptors (Lipinski definition) is 9. The highest BCUT2D eigenvalue weighted by Crippen LogP contribution is 2.19. The number of rotatable bonds is 9. The molecular formula is C31H39N7O6. The summed E-state index contributed by atoms with van der Waals surface area (Å²) in [4.78, 5) is 64.4. The van der Waals surface area contributed by atoms with Crippen molar-refractivity contribution in [3.05, 3.63) is 60.0 Å². The van der Waals surface area contributed by atoms with Gasteiger partial charge in [-0.1, -0.05) is 30.3 Å². The molecule has 234 valence electrons. The minimum atomic E-state index is -1.05. The van der Waals surface area contributed by atoms with E-state index in [-0.39, 0.29) is 57.2 Å². The fraction of sp³-hybridized carbons (Fsp3) is 0.452. The fourth-order valence-electron chi connectivity index (χ4n) is 4.61. The molecule has 4 rings (SSSR count). The molecule has 1 N–H and O–H groups in total. The number of nitrogens with zero attached hydrogens (tertiary/aromatic N) is 6. The first-order valence-corrected chi connectivity index (χ1v) is 14.6. The molecule has 1 unspecified atom stereocenters. The number of carbonyl (C=O) groups is 4. The maximum Gasteiger partial charge on any atom is 0.409 e. The standard InChI is InChI=1S/C31H39N7O6/c1-6-43-30(42)37-16-14-36(15-17-37)29(41)23(12-13-26(39)44-31(3,4)5)34-28(40)24-18-25(38-20-21(2)19-32-38)35-27(33-24)22-10-8-7-9-11-22/h7-11,18-20,23H,6,12-17H2,1-5H3,(H,34,40). The summed E-state index contributed by atoms with van der Waals surface area (Å²) in [7, 11) is 0. The summed E-state index contributed by atoms with van der Waals surface area (Å²) < 4.78 is 12.1. The molecule has 3 amide bonds. The largest absolute Gasteiger partial charge is 0.460 e. The van der Waals surface area contributed by atoms with Crippen molar-refractivity contribution in [1.82, 2.24) is 34.9 Å². The molecule has 1 atom stereocenters. The number of aromatic nitrogens is 4. The van der Waals surface area contributed by atoms with Crippen molar-refractivity contribution in [2.75, 3.05) is 32.8 Å². The van der Waals surface area contributed by atoms with E-state index in [1.54, 1.807) is 49.7 Å². The Morgan fingerprint density at radius 1 is 1.00 bits per heavy atom. The normalized spacial score (nSPS) is 14.1. The smallest absolute Gasteiger partial charge is 0.409 e. The third kappa shape index (κ3) is 8.62. The molecule has 13 heteroatoms. The van der Waals surface area contributed by atoms with E-state index < -0.39 is 29.6 Å². The molecule has 1 aromatic carbocycles. The third-order valence-electron chi connectivity index (χ3n) is 6.70. The van der Waals surface area contributed by atoms with Crippen LogP contribution in [0.5, 0.6) is 0 Å². The number of nitrogens with one attached hydrogen (secondary N) is 1. The summed E-state index contributed by atoms with van der Waals surface area (Å²) in [6.07, 6.45) is 2.95. The molecule has 3 aromatic rings. The Bertz CT molecular complexity index is 1480. The Labute approximate surface area is 256 Å². The highest BCUT2D eigenvalue weighted by Gasteiger charge is 2.32. The predicted molar refractivity (Wildman–Crippen MR) is 161 cm³/mol. The van der Waals surface area contributed by atoms with Gasteiger partial charge in [-0.25, -0.2) is 19.4 Å². The van der Waals surface area contributed by atoms with Crippen LogP contribution in [0.2, 0.25) is 0 Å². The number of piperazine rings is 1. The highest BCUT2D eigenvalue weighted by molar-refractivity contribution is 5.97. The molecule has 0 radical (unpaired) electrons. The van der Waals surface area contributed by atoms with E-state index in [4.69, 9.17) is 9.47 Å². The van der Waals surface area contributed by atoms with Crippen molar-refractivity contribution >= 4 is 23.9 Å². The molecule has 0 bridgehead atoms. The first-order valence-electron chi connectivity index (χ1n) is 14.6. The van der Waals surface area contributed by atoms with Gasteiger partial charge in [-0.2, -0.15) is 5.10 Å². The van der Waals surface area contributed by atoms with Gasteiger partial charge >= 0.3 is 12.1 Å². The number of benzene rings is 1. The quantitative estimate of drug-likeness (QED) is 0.363. The van der Waals surface area contributed by atoms with Gasteiger partial charge in [0, 0.05) is 50.4 Å². The summed E-state index contributed by atoms with van der Waals surface area (Å²) >= 11 is 0. The summed E-state index contributed by atoms with van der Waals surface area (Å²) in [6, 6.07) is 9.67. The van der Waals surface area contributed by atoms with Crippen LogP contribution in [-0.4, -0.2) is 97.9 Å². The number of aryl methyl sites for hydroxylation is 1. The van der Waals surface area contributed by atoms with Crippen LogP contribution in [0.25, 0.3) is 17.2 Å². The molecule has 0 saturated carbocycles. The number of esters is 1. The second kappa shape index (κ2) is 14.1. The SMILES string of the molecule is CCOC(=O)N1CCN(C(=O)C(CCC(=O)OC(C)(C)C)NC(=O)c2cc(-n3cc(C)cn3)nc(-c3ccccc3)n2)CC1. The lowest BCUT2D eigenvalue weighted by Gasteiger charge is -2.36. The van der Waals surface area contributed by atoms with E-state index >= 15 is 0 Å². The van der Waals surface area contributed by atoms with Gasteiger partial charge < -0.3 is 24.6 Å². The van der Waals surface area contributed by atoms with Crippen LogP contribution < -0.4 is 5.32 Å². The van der Waals surface area contributed by atoms with Crippen LogP contribution in [0.3, 0.4) is 0 Å². The molecule has 2 aromatic heterocycles. The van der Waals surface area contributed by atoms with Crippen molar-refractivity contribution in [1.29, 1.82) is 0 Å². The van der Waals surface area contributed by atoms with E-state index in [1.165, 1.54) is 11.0 Å². The summed E-state index contributed by atoms with van der Waals surface area (Å²) in [5, 5.41) is 7.13. The van der Waals surface area contributed by atoms with Gasteiger partial charge in [-0.15, -0.1) is 0 Å². The van der Waals surface area contributed by atoms with E-state index in [9.17, 15) is 19.2 Å². The van der Waals surface area contributed by atoms with Crippen molar-refractivity contribution in [3.8, 4) is 17.2 Å². The topological polar surface area (TPSA) is 149 Å². The van der Waals surface area contributed by atoms with Gasteiger partial charge in [-0.3, -0.25) is 14.4 Å². The second-order valence-electron chi connectivity index (χ2n) is 11.4. The van der Waals surface area contributed by atoms with Gasteiger partial charge in [0.1, 0.15) is 17.3 Å². The van der Waals surface area contributed by atoms with Crippen LogP contribution in [0.1, 0.15) is 56.6 Å². The van der Waals surface area contributed by atoms with Crippen LogP contribution >= 0.6 is 0 Å². The number of amides is 3. The first-order chi connectivity index (χ1) is 20.9. The predicted octanol–water partition coefficient (Wildman–Crippen LogP) is 3.16. The molecule has 0 spiro atoms. The average molecular weight is 606 g/mol. The highest BCUT2D eigenvalue weighted by atomic mass is 16.6.